The maximum absolute atomic E-state index is 9.46. The number of hydrogen-bond donors (Lipinski definition) is 0. The van der Waals surface area contributed by atoms with Crippen molar-refractivity contribution in [3.05, 3.63) is 182 Å². The summed E-state index contributed by atoms with van der Waals surface area (Å²) in [6, 6.07) is 46.2. The number of para-hydroxylation sites is 4. The Labute approximate surface area is 339 Å². The minimum absolute atomic E-state index is 0.0283. The van der Waals surface area contributed by atoms with Gasteiger partial charge in [0.25, 0.3) is 0 Å². The van der Waals surface area contributed by atoms with Crippen LogP contribution in [0.25, 0.3) is 115 Å². The smallest absolute Gasteiger partial charge is 0.165 e. The van der Waals surface area contributed by atoms with Gasteiger partial charge in [-0.1, -0.05) is 145 Å². The van der Waals surface area contributed by atoms with Gasteiger partial charge in [-0.15, -0.1) is 11.3 Å². The predicted octanol–water partition coefficient (Wildman–Crippen LogP) is 13.9. The van der Waals surface area contributed by atoms with Gasteiger partial charge in [-0.2, -0.15) is 0 Å². The van der Waals surface area contributed by atoms with Crippen molar-refractivity contribution in [3.63, 3.8) is 0 Å². The van der Waals surface area contributed by atoms with Crippen molar-refractivity contribution in [1.29, 1.82) is 0 Å². The van der Waals surface area contributed by atoms with E-state index in [1.807, 2.05) is 97.1 Å². The van der Waals surface area contributed by atoms with Gasteiger partial charge in [-0.25, -0.2) is 15.0 Å². The molecule has 0 spiro atoms. The van der Waals surface area contributed by atoms with E-state index in [0.29, 0.717) is 34.3 Å². The van der Waals surface area contributed by atoms with Crippen molar-refractivity contribution >= 4 is 75.3 Å². The molecule has 0 aliphatic rings. The topological polar surface area (TPSA) is 56.7 Å². The van der Waals surface area contributed by atoms with E-state index in [0.717, 1.165) is 43.0 Å². The molecule has 57 heavy (non-hydrogen) atoms. The lowest BCUT2D eigenvalue weighted by atomic mass is 9.98. The lowest BCUT2D eigenvalue weighted by Crippen LogP contribution is -2.02. The first-order valence-corrected chi connectivity index (χ1v) is 19.3. The van der Waals surface area contributed by atoms with E-state index in [1.165, 1.54) is 16.2 Å². The van der Waals surface area contributed by atoms with Crippen molar-refractivity contribution in [1.82, 2.24) is 19.5 Å². The maximum Gasteiger partial charge on any atom is 0.165 e. The maximum atomic E-state index is 9.46. The fraction of sp³-hybridized carbons (Fsp3) is 0. The molecule has 0 atom stereocenters. The van der Waals surface area contributed by atoms with E-state index in [9.17, 15) is 1.37 Å². The van der Waals surface area contributed by atoms with Crippen LogP contribution in [0.2, 0.25) is 0 Å². The van der Waals surface area contributed by atoms with Crippen LogP contribution in [0.3, 0.4) is 0 Å². The lowest BCUT2D eigenvalue weighted by molar-refractivity contribution is 0.670. The van der Waals surface area contributed by atoms with Gasteiger partial charge in [0.2, 0.25) is 0 Å². The minimum atomic E-state index is -0.358. The van der Waals surface area contributed by atoms with Crippen molar-refractivity contribution in [2.24, 2.45) is 0 Å². The summed E-state index contributed by atoms with van der Waals surface area (Å²) in [7, 11) is 0. The standard InChI is InChI=1S/C51H30N4OS/c1-2-14-31(15-3-1)49-52-50(54-51(53-49)41-23-13-22-40-37-19-7-11-27-46(37)57-48(40)41)32-28-29-35(38-20-12-21-39-36-18-6-10-26-45(36)56-47(38)39)44(30-32)55-42-24-8-4-16-33(42)34-17-5-9-25-43(34)55/h1-30H/i6D,12D,18D,20D,21D,26D. The first-order valence-electron chi connectivity index (χ1n) is 21.5. The zero-order valence-electron chi connectivity index (χ0n) is 36.0. The molecule has 12 rings (SSSR count). The first-order chi connectivity index (χ1) is 30.7. The molecule has 12 aromatic rings. The predicted molar refractivity (Wildman–Crippen MR) is 236 cm³/mol. The minimum Gasteiger partial charge on any atom is -0.455 e. The first kappa shape index (κ1) is 26.4. The zero-order chi connectivity index (χ0) is 42.7. The highest BCUT2D eigenvalue weighted by Gasteiger charge is 2.22. The SMILES string of the molecule is [2H]c1cc([2H])c2oc3c(-c4ccc(-c5nc(-c6ccccc6)nc(-c6cccc7c6sc6ccccc67)n5)cc4-n4c5ccccc5c5ccccc54)c([2H])c([2H])c([2H])c3c2c1[2H]. The van der Waals surface area contributed by atoms with Crippen LogP contribution >= 0.6 is 11.3 Å². The van der Waals surface area contributed by atoms with Gasteiger partial charge in [0.1, 0.15) is 11.2 Å². The average molecular weight is 753 g/mol. The van der Waals surface area contributed by atoms with E-state index < -0.39 is 0 Å². The van der Waals surface area contributed by atoms with Crippen LogP contribution in [0.15, 0.2) is 186 Å². The van der Waals surface area contributed by atoms with Gasteiger partial charge < -0.3 is 8.98 Å². The van der Waals surface area contributed by atoms with Gasteiger partial charge in [-0.05, 0) is 36.4 Å². The van der Waals surface area contributed by atoms with E-state index in [-0.39, 0.29) is 63.8 Å². The summed E-state index contributed by atoms with van der Waals surface area (Å²) in [6.45, 7) is 0. The highest BCUT2D eigenvalue weighted by molar-refractivity contribution is 7.26. The highest BCUT2D eigenvalue weighted by Crippen LogP contribution is 2.43. The van der Waals surface area contributed by atoms with Crippen LogP contribution in [0.4, 0.5) is 0 Å². The molecule has 0 radical (unpaired) electrons. The van der Waals surface area contributed by atoms with Gasteiger partial charge >= 0.3 is 0 Å². The van der Waals surface area contributed by atoms with E-state index >= 15 is 0 Å². The van der Waals surface area contributed by atoms with Crippen LogP contribution in [0, 0.1) is 0 Å². The number of furan rings is 1. The van der Waals surface area contributed by atoms with Crippen LogP contribution < -0.4 is 0 Å². The number of fused-ring (bicyclic) bond motifs is 9. The van der Waals surface area contributed by atoms with Gasteiger partial charge in [0, 0.05) is 69.5 Å². The van der Waals surface area contributed by atoms with Crippen LogP contribution in [-0.4, -0.2) is 19.5 Å². The van der Waals surface area contributed by atoms with Gasteiger partial charge in [-0.3, -0.25) is 0 Å². The van der Waals surface area contributed by atoms with Crippen molar-refractivity contribution < 1.29 is 12.6 Å². The lowest BCUT2D eigenvalue weighted by Gasteiger charge is -2.16. The summed E-state index contributed by atoms with van der Waals surface area (Å²) in [5, 5.41) is 4.55. The Hall–Kier alpha value is -7.41. The van der Waals surface area contributed by atoms with E-state index in [1.54, 1.807) is 11.3 Å². The number of hydrogen-bond acceptors (Lipinski definition) is 5. The molecule has 8 aromatic carbocycles. The summed E-state index contributed by atoms with van der Waals surface area (Å²) in [6.07, 6.45) is 0. The molecule has 6 heteroatoms. The molecular weight excluding hydrogens is 717 g/mol. The molecule has 5 nitrogen and oxygen atoms in total. The second-order valence-electron chi connectivity index (χ2n) is 13.9. The van der Waals surface area contributed by atoms with Crippen molar-refractivity contribution in [2.75, 3.05) is 0 Å². The van der Waals surface area contributed by atoms with E-state index in [2.05, 4.69) is 47.0 Å². The molecule has 0 fully saturated rings. The Bertz CT molecular complexity index is 3840. The Balaban J connectivity index is 1.18. The summed E-state index contributed by atoms with van der Waals surface area (Å²) in [4.78, 5) is 15.5. The number of nitrogens with zero attached hydrogens (tertiary/aromatic N) is 4. The number of rotatable bonds is 5. The fourth-order valence-electron chi connectivity index (χ4n) is 8.07. The Morgan fingerprint density at radius 2 is 1.16 bits per heavy atom. The third-order valence-electron chi connectivity index (χ3n) is 10.6. The highest BCUT2D eigenvalue weighted by atomic mass is 32.1. The number of thiophene rings is 1. The van der Waals surface area contributed by atoms with E-state index in [4.69, 9.17) is 26.2 Å². The number of benzene rings is 8. The Morgan fingerprint density at radius 3 is 1.98 bits per heavy atom. The average Bonchev–Trinajstić information content (AvgIpc) is 4.01. The molecular formula is C51H30N4OS. The summed E-state index contributed by atoms with van der Waals surface area (Å²) in [5.41, 5.74) is 5.67. The molecule has 0 bridgehead atoms. The molecule has 0 aliphatic carbocycles. The molecule has 266 valence electrons. The van der Waals surface area contributed by atoms with Crippen LogP contribution in [-0.2, 0) is 0 Å². The molecule has 0 amide bonds. The molecule has 4 heterocycles. The molecule has 0 unspecified atom stereocenters. The van der Waals surface area contributed by atoms with Crippen molar-refractivity contribution in [3.8, 4) is 51.0 Å². The fourth-order valence-corrected chi connectivity index (χ4v) is 9.29. The molecule has 4 aromatic heterocycles. The number of aromatic nitrogens is 4. The molecule has 0 N–H and O–H groups in total. The normalized spacial score (nSPS) is 13.3. The third kappa shape index (κ3) is 4.98. The zero-order valence-corrected chi connectivity index (χ0v) is 30.8. The Morgan fingerprint density at radius 1 is 0.474 bits per heavy atom. The summed E-state index contributed by atoms with van der Waals surface area (Å²) < 4.78 is 64.3. The van der Waals surface area contributed by atoms with Crippen molar-refractivity contribution in [2.45, 2.75) is 0 Å². The quantitative estimate of drug-likeness (QED) is 0.176. The molecule has 0 saturated carbocycles. The van der Waals surface area contributed by atoms with Gasteiger partial charge in [0.05, 0.1) is 24.9 Å². The molecule has 0 saturated heterocycles. The van der Waals surface area contributed by atoms with Crippen LogP contribution in [0.5, 0.6) is 0 Å². The Kier molecular flexibility index (Phi) is 5.82. The summed E-state index contributed by atoms with van der Waals surface area (Å²) >= 11 is 1.70. The third-order valence-corrected chi connectivity index (χ3v) is 11.9. The second kappa shape index (κ2) is 12.6. The molecule has 0 aliphatic heterocycles. The van der Waals surface area contributed by atoms with Crippen LogP contribution in [0.1, 0.15) is 8.22 Å². The summed E-state index contributed by atoms with van der Waals surface area (Å²) in [5.74, 6) is 1.45. The van der Waals surface area contributed by atoms with Gasteiger partial charge in [0.15, 0.2) is 17.5 Å². The largest absolute Gasteiger partial charge is 0.455 e. The monoisotopic (exact) mass is 752 g/mol. The second-order valence-corrected chi connectivity index (χ2v) is 14.9.